The molecule has 0 heterocycles. The summed E-state index contributed by atoms with van der Waals surface area (Å²) in [6.07, 6.45) is 0.888. The molecule has 0 aliphatic carbocycles. The van der Waals surface area contributed by atoms with E-state index in [4.69, 9.17) is 0 Å². The molecule has 0 saturated carbocycles. The van der Waals surface area contributed by atoms with E-state index < -0.39 is 10.0 Å². The third-order valence-electron chi connectivity index (χ3n) is 2.85. The molecule has 0 spiro atoms. The number of nitrogens with one attached hydrogen (secondary N) is 1. The Balaban J connectivity index is 2.24. The minimum Gasteiger partial charge on any atom is -0.280 e. The number of hydrogen-bond donors (Lipinski definition) is 1. The Morgan fingerprint density at radius 2 is 1.58 bits per heavy atom. The zero-order chi connectivity index (χ0) is 13.9. The fourth-order valence-electron chi connectivity index (χ4n) is 1.69. The molecular weight excluding hydrogens is 258 g/mol. The van der Waals surface area contributed by atoms with E-state index >= 15 is 0 Å². The summed E-state index contributed by atoms with van der Waals surface area (Å²) in [6.45, 7) is 5.79. The van der Waals surface area contributed by atoms with Crippen LogP contribution in [0.2, 0.25) is 0 Å². The van der Waals surface area contributed by atoms with Gasteiger partial charge in [-0.1, -0.05) is 31.2 Å². The lowest BCUT2D eigenvalue weighted by atomic mass is 10.2. The molecule has 0 atom stereocenters. The lowest BCUT2D eigenvalue weighted by Gasteiger charge is -2.08. The van der Waals surface area contributed by atoms with Gasteiger partial charge in [0.2, 0.25) is 0 Å². The summed E-state index contributed by atoms with van der Waals surface area (Å²) in [7, 11) is -3.52. The van der Waals surface area contributed by atoms with E-state index in [2.05, 4.69) is 11.6 Å². The van der Waals surface area contributed by atoms with Crippen LogP contribution < -0.4 is 4.72 Å². The largest absolute Gasteiger partial charge is 0.280 e. The molecule has 0 unspecified atom stereocenters. The maximum absolute atomic E-state index is 12.2. The van der Waals surface area contributed by atoms with E-state index in [0.29, 0.717) is 5.69 Å². The fraction of sp³-hybridized carbons (Fsp3) is 0.133. The first-order chi connectivity index (χ1) is 9.01. The van der Waals surface area contributed by atoms with Crippen molar-refractivity contribution < 1.29 is 8.42 Å². The molecule has 0 fully saturated rings. The van der Waals surface area contributed by atoms with Crippen LogP contribution in [0.1, 0.15) is 18.1 Å². The van der Waals surface area contributed by atoms with Crippen molar-refractivity contribution >= 4 is 15.7 Å². The molecule has 2 aromatic rings. The molecule has 1 N–H and O–H groups in total. The molecule has 2 aromatic carbocycles. The van der Waals surface area contributed by atoms with Crippen LogP contribution in [-0.4, -0.2) is 8.42 Å². The van der Waals surface area contributed by atoms with Gasteiger partial charge in [0.1, 0.15) is 0 Å². The van der Waals surface area contributed by atoms with Crippen molar-refractivity contribution in [1.82, 2.24) is 0 Å². The van der Waals surface area contributed by atoms with Gasteiger partial charge >= 0.3 is 0 Å². The van der Waals surface area contributed by atoms with Gasteiger partial charge in [-0.05, 0) is 48.7 Å². The second-order valence-corrected chi connectivity index (χ2v) is 5.98. The monoisotopic (exact) mass is 274 g/mol. The fourth-order valence-corrected chi connectivity index (χ4v) is 2.75. The molecule has 99 valence electrons. The van der Waals surface area contributed by atoms with Gasteiger partial charge in [-0.15, -0.1) is 0 Å². The number of sulfonamides is 1. The standard InChI is InChI=1S/C15H16NO2S/c1-3-13-6-10-15(11-7-13)19(17,18)16-14-8-4-12(2)5-9-14/h4-11,16H,2-3H2,1H3. The van der Waals surface area contributed by atoms with E-state index in [9.17, 15) is 8.42 Å². The molecule has 19 heavy (non-hydrogen) atoms. The van der Waals surface area contributed by atoms with Crippen LogP contribution in [-0.2, 0) is 16.4 Å². The Kier molecular flexibility index (Phi) is 3.90. The van der Waals surface area contributed by atoms with Crippen LogP contribution in [0.5, 0.6) is 0 Å². The summed E-state index contributed by atoms with van der Waals surface area (Å²) in [5, 5.41) is 0. The minimum absolute atomic E-state index is 0.267. The first kappa shape index (κ1) is 13.6. The van der Waals surface area contributed by atoms with E-state index in [1.54, 1.807) is 36.4 Å². The third-order valence-corrected chi connectivity index (χ3v) is 4.25. The molecule has 0 bridgehead atoms. The van der Waals surface area contributed by atoms with Crippen LogP contribution in [0.3, 0.4) is 0 Å². The minimum atomic E-state index is -3.52. The highest BCUT2D eigenvalue weighted by Crippen LogP contribution is 2.17. The zero-order valence-corrected chi connectivity index (χ0v) is 11.6. The van der Waals surface area contributed by atoms with Crippen molar-refractivity contribution in [2.45, 2.75) is 18.2 Å². The summed E-state index contributed by atoms with van der Waals surface area (Å²) in [5.41, 5.74) is 2.49. The van der Waals surface area contributed by atoms with Crippen LogP contribution in [0.25, 0.3) is 0 Å². The van der Waals surface area contributed by atoms with Gasteiger partial charge in [0, 0.05) is 5.69 Å². The first-order valence-corrected chi connectivity index (χ1v) is 7.53. The molecular formula is C15H16NO2S. The van der Waals surface area contributed by atoms with Crippen LogP contribution >= 0.6 is 0 Å². The van der Waals surface area contributed by atoms with E-state index in [0.717, 1.165) is 17.5 Å². The lowest BCUT2D eigenvalue weighted by Crippen LogP contribution is -2.12. The molecule has 0 aliphatic rings. The third kappa shape index (κ3) is 3.35. The number of aryl methyl sites for hydroxylation is 1. The number of hydrogen-bond acceptors (Lipinski definition) is 2. The van der Waals surface area contributed by atoms with Crippen molar-refractivity contribution in [3.8, 4) is 0 Å². The molecule has 2 rings (SSSR count). The molecule has 0 aromatic heterocycles. The van der Waals surface area contributed by atoms with Crippen LogP contribution in [0, 0.1) is 6.92 Å². The Morgan fingerprint density at radius 3 is 2.11 bits per heavy atom. The Morgan fingerprint density at radius 1 is 1.00 bits per heavy atom. The maximum Gasteiger partial charge on any atom is 0.261 e. The van der Waals surface area contributed by atoms with Crippen molar-refractivity contribution in [2.24, 2.45) is 0 Å². The van der Waals surface area contributed by atoms with Gasteiger partial charge in [-0.3, -0.25) is 4.72 Å². The summed E-state index contributed by atoms with van der Waals surface area (Å²) >= 11 is 0. The van der Waals surface area contributed by atoms with Crippen molar-refractivity contribution in [2.75, 3.05) is 4.72 Å². The summed E-state index contributed by atoms with van der Waals surface area (Å²) in [5.74, 6) is 0. The van der Waals surface area contributed by atoms with Gasteiger partial charge < -0.3 is 0 Å². The highest BCUT2D eigenvalue weighted by molar-refractivity contribution is 7.92. The van der Waals surface area contributed by atoms with Gasteiger partial charge in [-0.25, -0.2) is 8.42 Å². The molecule has 0 amide bonds. The average Bonchev–Trinajstić information content (AvgIpc) is 2.41. The second-order valence-electron chi connectivity index (χ2n) is 4.30. The van der Waals surface area contributed by atoms with Gasteiger partial charge in [0.05, 0.1) is 4.90 Å². The van der Waals surface area contributed by atoms with Crippen LogP contribution in [0.15, 0.2) is 53.4 Å². The van der Waals surface area contributed by atoms with Crippen molar-refractivity contribution in [3.63, 3.8) is 0 Å². The Hall–Kier alpha value is -1.81. The molecule has 4 heteroatoms. The highest BCUT2D eigenvalue weighted by atomic mass is 32.2. The van der Waals surface area contributed by atoms with Gasteiger partial charge in [0.15, 0.2) is 0 Å². The van der Waals surface area contributed by atoms with E-state index in [1.807, 2.05) is 19.1 Å². The van der Waals surface area contributed by atoms with E-state index in [1.165, 1.54) is 0 Å². The summed E-state index contributed by atoms with van der Waals surface area (Å²) in [4.78, 5) is 0.267. The topological polar surface area (TPSA) is 46.2 Å². The number of anilines is 1. The lowest BCUT2D eigenvalue weighted by molar-refractivity contribution is 0.601. The normalized spacial score (nSPS) is 11.3. The second kappa shape index (κ2) is 5.45. The SMILES string of the molecule is [CH2]c1ccc(NS(=O)(=O)c2ccc(CC)cc2)cc1. The summed E-state index contributed by atoms with van der Waals surface area (Å²) in [6, 6.07) is 13.8. The molecule has 0 aliphatic heterocycles. The molecule has 3 nitrogen and oxygen atoms in total. The smallest absolute Gasteiger partial charge is 0.261 e. The van der Waals surface area contributed by atoms with E-state index in [-0.39, 0.29) is 4.90 Å². The van der Waals surface area contributed by atoms with Crippen molar-refractivity contribution in [3.05, 3.63) is 66.6 Å². The quantitative estimate of drug-likeness (QED) is 0.930. The highest BCUT2D eigenvalue weighted by Gasteiger charge is 2.13. The molecule has 1 radical (unpaired) electrons. The maximum atomic E-state index is 12.2. The van der Waals surface area contributed by atoms with Crippen LogP contribution in [0.4, 0.5) is 5.69 Å². The number of rotatable bonds is 4. The Labute approximate surface area is 114 Å². The predicted octanol–water partition coefficient (Wildman–Crippen LogP) is 3.23. The van der Waals surface area contributed by atoms with Gasteiger partial charge in [-0.2, -0.15) is 0 Å². The van der Waals surface area contributed by atoms with Gasteiger partial charge in [0.25, 0.3) is 10.0 Å². The number of benzene rings is 2. The average molecular weight is 274 g/mol. The molecule has 0 saturated heterocycles. The first-order valence-electron chi connectivity index (χ1n) is 6.05. The Bertz CT molecular complexity index is 644. The van der Waals surface area contributed by atoms with Crippen molar-refractivity contribution in [1.29, 1.82) is 0 Å². The summed E-state index contributed by atoms with van der Waals surface area (Å²) < 4.78 is 26.9. The zero-order valence-electron chi connectivity index (χ0n) is 10.8. The predicted molar refractivity (Wildman–Crippen MR) is 77.5 cm³/mol.